The molecular formula is C26H38N6O3. The Hall–Kier alpha value is -3.36. The second-order valence-electron chi connectivity index (χ2n) is 9.22. The van der Waals surface area contributed by atoms with E-state index in [-0.39, 0.29) is 30.6 Å². The average Bonchev–Trinajstić information content (AvgIpc) is 3.13. The summed E-state index contributed by atoms with van der Waals surface area (Å²) in [7, 11) is 1.64. The molecule has 1 saturated heterocycles. The molecule has 1 aromatic heterocycles. The van der Waals surface area contributed by atoms with E-state index < -0.39 is 0 Å². The van der Waals surface area contributed by atoms with E-state index in [2.05, 4.69) is 20.4 Å². The summed E-state index contributed by atoms with van der Waals surface area (Å²) < 4.78 is 5.30. The summed E-state index contributed by atoms with van der Waals surface area (Å²) in [5.74, 6) is 1.55. The molecule has 1 unspecified atom stereocenters. The van der Waals surface area contributed by atoms with Gasteiger partial charge in [0.1, 0.15) is 12.3 Å². The van der Waals surface area contributed by atoms with Crippen molar-refractivity contribution in [3.63, 3.8) is 0 Å². The minimum absolute atomic E-state index is 0.0143. The lowest BCUT2D eigenvalue weighted by Gasteiger charge is -2.31. The van der Waals surface area contributed by atoms with Crippen LogP contribution in [0.3, 0.4) is 0 Å². The predicted molar refractivity (Wildman–Crippen MR) is 138 cm³/mol. The maximum Gasteiger partial charge on any atom is 0.318 e. The fourth-order valence-corrected chi connectivity index (χ4v) is 4.05. The Labute approximate surface area is 208 Å². The highest BCUT2D eigenvalue weighted by molar-refractivity contribution is 5.84. The second-order valence-corrected chi connectivity index (χ2v) is 9.22. The summed E-state index contributed by atoms with van der Waals surface area (Å²) >= 11 is 0. The third kappa shape index (κ3) is 7.07. The highest BCUT2D eigenvalue weighted by Gasteiger charge is 2.26. The van der Waals surface area contributed by atoms with Crippen molar-refractivity contribution in [2.75, 3.05) is 44.7 Å². The number of benzene rings is 1. The zero-order chi connectivity index (χ0) is 25.4. The monoisotopic (exact) mass is 482 g/mol. The zero-order valence-electron chi connectivity index (χ0n) is 21.5. The summed E-state index contributed by atoms with van der Waals surface area (Å²) in [6.07, 6.45) is 1.61. The molecule has 3 rings (SSSR count). The first kappa shape index (κ1) is 26.2. The van der Waals surface area contributed by atoms with Crippen molar-refractivity contribution in [2.45, 2.75) is 52.6 Å². The van der Waals surface area contributed by atoms with Crippen molar-refractivity contribution >= 4 is 17.8 Å². The number of rotatable bonds is 8. The summed E-state index contributed by atoms with van der Waals surface area (Å²) in [6, 6.07) is 11.5. The Morgan fingerprint density at radius 3 is 2.54 bits per heavy atom. The van der Waals surface area contributed by atoms with Gasteiger partial charge in [-0.15, -0.1) is 10.2 Å². The number of amides is 3. The number of ether oxygens (including phenoxy) is 1. The van der Waals surface area contributed by atoms with Crippen LogP contribution in [0.1, 0.15) is 40.5 Å². The third-order valence-electron chi connectivity index (χ3n) is 6.29. The van der Waals surface area contributed by atoms with Crippen molar-refractivity contribution in [3.8, 4) is 17.0 Å². The van der Waals surface area contributed by atoms with E-state index in [0.717, 1.165) is 42.2 Å². The molecule has 1 aliphatic heterocycles. The van der Waals surface area contributed by atoms with E-state index >= 15 is 0 Å². The molecule has 9 nitrogen and oxygen atoms in total. The van der Waals surface area contributed by atoms with Gasteiger partial charge in [0.2, 0.25) is 5.91 Å². The van der Waals surface area contributed by atoms with Crippen LogP contribution in [-0.4, -0.2) is 83.9 Å². The molecule has 35 heavy (non-hydrogen) atoms. The van der Waals surface area contributed by atoms with Gasteiger partial charge in [-0.3, -0.25) is 4.79 Å². The number of carbonyl (C=O) groups is 2. The van der Waals surface area contributed by atoms with Crippen molar-refractivity contribution in [3.05, 3.63) is 36.4 Å². The molecule has 2 heterocycles. The van der Waals surface area contributed by atoms with Crippen molar-refractivity contribution in [1.29, 1.82) is 0 Å². The number of carbonyl (C=O) groups excluding carboxylic acids is 2. The van der Waals surface area contributed by atoms with Crippen LogP contribution in [0.15, 0.2) is 36.4 Å². The first-order chi connectivity index (χ1) is 16.8. The highest BCUT2D eigenvalue weighted by Crippen LogP contribution is 2.23. The highest BCUT2D eigenvalue weighted by atomic mass is 16.5. The number of aromatic nitrogens is 2. The van der Waals surface area contributed by atoms with Gasteiger partial charge in [0.25, 0.3) is 0 Å². The molecule has 1 aromatic carbocycles. The maximum atomic E-state index is 13.1. The van der Waals surface area contributed by atoms with E-state index in [1.807, 2.05) is 69.0 Å². The summed E-state index contributed by atoms with van der Waals surface area (Å²) in [5.41, 5.74) is 1.73. The van der Waals surface area contributed by atoms with Crippen molar-refractivity contribution in [2.24, 2.45) is 0 Å². The van der Waals surface area contributed by atoms with Crippen LogP contribution < -0.4 is 15.0 Å². The van der Waals surface area contributed by atoms with E-state index in [0.29, 0.717) is 19.6 Å². The number of nitrogens with one attached hydrogen (secondary N) is 1. The maximum absolute atomic E-state index is 13.1. The Balaban J connectivity index is 1.62. The lowest BCUT2D eigenvalue weighted by Crippen LogP contribution is -2.51. The first-order valence-corrected chi connectivity index (χ1v) is 12.4. The number of methoxy groups -OCH3 is 1. The Morgan fingerprint density at radius 2 is 1.89 bits per heavy atom. The number of hydrogen-bond acceptors (Lipinski definition) is 6. The number of urea groups is 1. The normalized spacial score (nSPS) is 14.9. The first-order valence-electron chi connectivity index (χ1n) is 12.4. The van der Waals surface area contributed by atoms with Crippen LogP contribution in [0, 0.1) is 0 Å². The molecule has 1 N–H and O–H groups in total. The summed E-state index contributed by atoms with van der Waals surface area (Å²) in [5, 5.41) is 11.8. The summed E-state index contributed by atoms with van der Waals surface area (Å²) in [6.45, 7) is 10.6. The van der Waals surface area contributed by atoms with Crippen LogP contribution in [0.2, 0.25) is 0 Å². The molecular weight excluding hydrogens is 444 g/mol. The van der Waals surface area contributed by atoms with Gasteiger partial charge in [0, 0.05) is 43.8 Å². The van der Waals surface area contributed by atoms with Crippen LogP contribution >= 0.6 is 0 Å². The standard InChI is InChI=1S/C26H38N6O3/c1-6-20(4)32(26(34)27-19(2)3)18-25(33)31-14-8-13-30(15-16-31)24-12-11-23(28-29-24)21-9-7-10-22(17-21)35-5/h7,9-12,17,19-20H,6,8,13-16,18H2,1-5H3,(H,27,34). The molecule has 0 bridgehead atoms. The number of hydrogen-bond donors (Lipinski definition) is 1. The topological polar surface area (TPSA) is 90.9 Å². The molecule has 0 saturated carbocycles. The predicted octanol–water partition coefficient (Wildman–Crippen LogP) is 3.41. The molecule has 9 heteroatoms. The minimum atomic E-state index is -0.189. The molecule has 1 atom stereocenters. The smallest absolute Gasteiger partial charge is 0.318 e. The Morgan fingerprint density at radius 1 is 1.09 bits per heavy atom. The molecule has 2 aromatic rings. The van der Waals surface area contributed by atoms with E-state index in [4.69, 9.17) is 4.74 Å². The van der Waals surface area contributed by atoms with Gasteiger partial charge in [0.15, 0.2) is 5.82 Å². The van der Waals surface area contributed by atoms with Crippen LogP contribution in [0.25, 0.3) is 11.3 Å². The molecule has 0 aliphatic carbocycles. The molecule has 190 valence electrons. The van der Waals surface area contributed by atoms with Gasteiger partial charge in [-0.25, -0.2) is 4.79 Å². The zero-order valence-corrected chi connectivity index (χ0v) is 21.5. The van der Waals surface area contributed by atoms with Crippen LogP contribution in [0.4, 0.5) is 10.6 Å². The molecule has 1 fully saturated rings. The number of anilines is 1. The fraction of sp³-hybridized carbons (Fsp3) is 0.538. The minimum Gasteiger partial charge on any atom is -0.497 e. The molecule has 3 amide bonds. The van der Waals surface area contributed by atoms with Gasteiger partial charge in [-0.1, -0.05) is 19.1 Å². The largest absolute Gasteiger partial charge is 0.497 e. The number of nitrogens with zero attached hydrogens (tertiary/aromatic N) is 5. The van der Waals surface area contributed by atoms with Gasteiger partial charge >= 0.3 is 6.03 Å². The Kier molecular flexibility index (Phi) is 9.28. The third-order valence-corrected chi connectivity index (χ3v) is 6.29. The lowest BCUT2D eigenvalue weighted by atomic mass is 10.1. The van der Waals surface area contributed by atoms with E-state index in [1.54, 1.807) is 12.0 Å². The lowest BCUT2D eigenvalue weighted by molar-refractivity contribution is -0.132. The van der Waals surface area contributed by atoms with E-state index in [1.165, 1.54) is 0 Å². The van der Waals surface area contributed by atoms with Crippen molar-refractivity contribution < 1.29 is 14.3 Å². The Bertz CT molecular complexity index is 981. The average molecular weight is 483 g/mol. The van der Waals surface area contributed by atoms with Crippen molar-refractivity contribution in [1.82, 2.24) is 25.3 Å². The SMILES string of the molecule is CCC(C)N(CC(=O)N1CCCN(c2ccc(-c3cccc(OC)c3)nn2)CC1)C(=O)NC(C)C. The van der Waals surface area contributed by atoms with Gasteiger partial charge in [-0.05, 0) is 57.9 Å². The molecule has 1 aliphatic rings. The quantitative estimate of drug-likeness (QED) is 0.620. The second kappa shape index (κ2) is 12.4. The van der Waals surface area contributed by atoms with Gasteiger partial charge in [-0.2, -0.15) is 0 Å². The van der Waals surface area contributed by atoms with Crippen LogP contribution in [0.5, 0.6) is 5.75 Å². The van der Waals surface area contributed by atoms with Gasteiger partial charge in [0.05, 0.1) is 12.8 Å². The summed E-state index contributed by atoms with van der Waals surface area (Å²) in [4.78, 5) is 31.4. The molecule has 0 radical (unpaired) electrons. The van der Waals surface area contributed by atoms with E-state index in [9.17, 15) is 9.59 Å². The molecule has 0 spiro atoms. The fourth-order valence-electron chi connectivity index (χ4n) is 4.05. The van der Waals surface area contributed by atoms with Gasteiger partial charge < -0.3 is 24.8 Å². The van der Waals surface area contributed by atoms with Crippen LogP contribution in [-0.2, 0) is 4.79 Å².